The molecule has 0 aromatic heterocycles. The van der Waals surface area contributed by atoms with Crippen LogP contribution in [0.1, 0.15) is 38.5 Å². The van der Waals surface area contributed by atoms with E-state index in [1.54, 1.807) is 19.2 Å². The van der Waals surface area contributed by atoms with E-state index in [-0.39, 0.29) is 24.3 Å². The average Bonchev–Trinajstić information content (AvgIpc) is 2.98. The predicted molar refractivity (Wildman–Crippen MR) is 103 cm³/mol. The highest BCUT2D eigenvalue weighted by Gasteiger charge is 2.28. The van der Waals surface area contributed by atoms with Gasteiger partial charge in [0.25, 0.3) is 5.91 Å². The van der Waals surface area contributed by atoms with Gasteiger partial charge in [-0.1, -0.05) is 31.4 Å². The molecule has 0 unspecified atom stereocenters. The highest BCUT2D eigenvalue weighted by molar-refractivity contribution is 5.80. The summed E-state index contributed by atoms with van der Waals surface area (Å²) in [4.78, 5) is 29.1. The van der Waals surface area contributed by atoms with E-state index >= 15 is 0 Å². The number of methoxy groups -OCH3 is 1. The summed E-state index contributed by atoms with van der Waals surface area (Å²) in [6.45, 7) is 2.59. The molecule has 1 saturated heterocycles. The highest BCUT2D eigenvalue weighted by atomic mass is 16.5. The lowest BCUT2D eigenvalue weighted by atomic mass is 9.88. The molecule has 0 bridgehead atoms. The molecule has 1 aliphatic carbocycles. The quantitative estimate of drug-likeness (QED) is 0.795. The number of benzene rings is 1. The summed E-state index contributed by atoms with van der Waals surface area (Å²) in [5.41, 5.74) is 0. The molecule has 1 saturated carbocycles. The number of rotatable bonds is 5. The molecule has 0 N–H and O–H groups in total. The summed E-state index contributed by atoms with van der Waals surface area (Å²) in [6, 6.07) is 7.31. The molecule has 6 nitrogen and oxygen atoms in total. The number of hydrogen-bond donors (Lipinski definition) is 0. The monoisotopic (exact) mass is 374 g/mol. The summed E-state index contributed by atoms with van der Waals surface area (Å²) in [6.07, 6.45) is 6.43. The topological polar surface area (TPSA) is 59.1 Å². The molecule has 1 aliphatic heterocycles. The Morgan fingerprint density at radius 2 is 1.59 bits per heavy atom. The van der Waals surface area contributed by atoms with Crippen LogP contribution < -0.4 is 9.47 Å². The van der Waals surface area contributed by atoms with Gasteiger partial charge in [0.2, 0.25) is 5.91 Å². The lowest BCUT2D eigenvalue weighted by molar-refractivity contribution is -0.137. The Labute approximate surface area is 161 Å². The minimum absolute atomic E-state index is 0.0169. The molecule has 0 radical (unpaired) electrons. The highest BCUT2D eigenvalue weighted by Crippen LogP contribution is 2.27. The first kappa shape index (κ1) is 19.5. The lowest BCUT2D eigenvalue weighted by Crippen LogP contribution is -2.41. The van der Waals surface area contributed by atoms with Crippen LogP contribution in [0.3, 0.4) is 0 Å². The molecule has 1 aromatic carbocycles. The normalized spacial score (nSPS) is 18.7. The second-order valence-corrected chi connectivity index (χ2v) is 7.33. The van der Waals surface area contributed by atoms with Crippen LogP contribution in [-0.4, -0.2) is 61.5 Å². The van der Waals surface area contributed by atoms with E-state index in [1.807, 2.05) is 21.9 Å². The third-order valence-corrected chi connectivity index (χ3v) is 5.53. The third kappa shape index (κ3) is 5.15. The second kappa shape index (κ2) is 9.62. The van der Waals surface area contributed by atoms with Crippen molar-refractivity contribution >= 4 is 11.8 Å². The molecular weight excluding hydrogens is 344 g/mol. The Bertz CT molecular complexity index is 643. The van der Waals surface area contributed by atoms with Gasteiger partial charge in [0, 0.05) is 32.1 Å². The molecular formula is C21H30N2O4. The van der Waals surface area contributed by atoms with Gasteiger partial charge in [-0.3, -0.25) is 9.59 Å². The predicted octanol–water partition coefficient (Wildman–Crippen LogP) is 2.72. The van der Waals surface area contributed by atoms with E-state index in [1.165, 1.54) is 6.42 Å². The Balaban J connectivity index is 1.49. The van der Waals surface area contributed by atoms with Gasteiger partial charge in [0.1, 0.15) is 0 Å². The maximum atomic E-state index is 12.7. The van der Waals surface area contributed by atoms with E-state index in [0.717, 1.165) is 38.6 Å². The molecule has 2 fully saturated rings. The largest absolute Gasteiger partial charge is 0.493 e. The Morgan fingerprint density at radius 3 is 2.33 bits per heavy atom. The number of para-hydroxylation sites is 2. The maximum absolute atomic E-state index is 12.7. The number of carbonyl (C=O) groups is 2. The van der Waals surface area contributed by atoms with Gasteiger partial charge in [0.05, 0.1) is 7.11 Å². The van der Waals surface area contributed by atoms with Gasteiger partial charge in [-0.05, 0) is 31.4 Å². The molecule has 148 valence electrons. The van der Waals surface area contributed by atoms with Crippen molar-refractivity contribution in [1.29, 1.82) is 0 Å². The van der Waals surface area contributed by atoms with Crippen LogP contribution in [-0.2, 0) is 9.59 Å². The van der Waals surface area contributed by atoms with Crippen molar-refractivity contribution < 1.29 is 19.1 Å². The smallest absolute Gasteiger partial charge is 0.260 e. The van der Waals surface area contributed by atoms with Crippen molar-refractivity contribution in [2.75, 3.05) is 39.9 Å². The zero-order chi connectivity index (χ0) is 19.1. The fraction of sp³-hybridized carbons (Fsp3) is 0.619. The molecule has 0 atom stereocenters. The van der Waals surface area contributed by atoms with Crippen LogP contribution in [0.5, 0.6) is 11.5 Å². The van der Waals surface area contributed by atoms with Crippen LogP contribution in [0.4, 0.5) is 0 Å². The molecule has 27 heavy (non-hydrogen) atoms. The van der Waals surface area contributed by atoms with Gasteiger partial charge in [-0.2, -0.15) is 0 Å². The molecule has 3 rings (SSSR count). The number of carbonyl (C=O) groups excluding carboxylic acids is 2. The second-order valence-electron chi connectivity index (χ2n) is 7.33. The molecule has 0 spiro atoms. The molecule has 1 heterocycles. The fourth-order valence-electron chi connectivity index (χ4n) is 3.96. The van der Waals surface area contributed by atoms with Gasteiger partial charge >= 0.3 is 0 Å². The SMILES string of the molecule is COc1ccccc1OCC(=O)N1CCCN(C(=O)C2CCCCC2)CC1. The summed E-state index contributed by atoms with van der Waals surface area (Å²) in [5, 5.41) is 0. The third-order valence-electron chi connectivity index (χ3n) is 5.53. The van der Waals surface area contributed by atoms with Crippen molar-refractivity contribution in [1.82, 2.24) is 9.80 Å². The van der Waals surface area contributed by atoms with E-state index in [0.29, 0.717) is 31.1 Å². The van der Waals surface area contributed by atoms with E-state index in [9.17, 15) is 9.59 Å². The fourth-order valence-corrected chi connectivity index (χ4v) is 3.96. The lowest BCUT2D eigenvalue weighted by Gasteiger charge is -2.28. The molecule has 2 amide bonds. The first-order chi connectivity index (χ1) is 13.2. The number of nitrogens with zero attached hydrogens (tertiary/aromatic N) is 2. The number of hydrogen-bond acceptors (Lipinski definition) is 4. The first-order valence-corrected chi connectivity index (χ1v) is 10.0. The van der Waals surface area contributed by atoms with E-state index in [2.05, 4.69) is 0 Å². The Hall–Kier alpha value is -2.24. The van der Waals surface area contributed by atoms with Crippen LogP contribution in [0.15, 0.2) is 24.3 Å². The zero-order valence-corrected chi connectivity index (χ0v) is 16.2. The minimum Gasteiger partial charge on any atom is -0.493 e. The summed E-state index contributed by atoms with van der Waals surface area (Å²) < 4.78 is 10.9. The van der Waals surface area contributed by atoms with Crippen molar-refractivity contribution in [2.24, 2.45) is 5.92 Å². The first-order valence-electron chi connectivity index (χ1n) is 10.0. The summed E-state index contributed by atoms with van der Waals surface area (Å²) in [7, 11) is 1.58. The van der Waals surface area contributed by atoms with Crippen molar-refractivity contribution in [3.05, 3.63) is 24.3 Å². The van der Waals surface area contributed by atoms with Crippen LogP contribution >= 0.6 is 0 Å². The van der Waals surface area contributed by atoms with E-state index in [4.69, 9.17) is 9.47 Å². The summed E-state index contributed by atoms with van der Waals surface area (Å²) >= 11 is 0. The van der Waals surface area contributed by atoms with Crippen LogP contribution in [0.2, 0.25) is 0 Å². The molecule has 2 aliphatic rings. The van der Waals surface area contributed by atoms with Crippen LogP contribution in [0.25, 0.3) is 0 Å². The molecule has 6 heteroatoms. The van der Waals surface area contributed by atoms with Crippen molar-refractivity contribution in [3.63, 3.8) is 0 Å². The van der Waals surface area contributed by atoms with Crippen LogP contribution in [0, 0.1) is 5.92 Å². The van der Waals surface area contributed by atoms with Gasteiger partial charge in [-0.15, -0.1) is 0 Å². The van der Waals surface area contributed by atoms with Gasteiger partial charge in [-0.25, -0.2) is 0 Å². The maximum Gasteiger partial charge on any atom is 0.260 e. The molecule has 1 aromatic rings. The summed E-state index contributed by atoms with van der Waals surface area (Å²) in [5.74, 6) is 1.61. The zero-order valence-electron chi connectivity index (χ0n) is 16.2. The Kier molecular flexibility index (Phi) is 6.96. The Morgan fingerprint density at radius 1 is 0.926 bits per heavy atom. The van der Waals surface area contributed by atoms with Gasteiger partial charge < -0.3 is 19.3 Å². The number of ether oxygens (including phenoxy) is 2. The van der Waals surface area contributed by atoms with Crippen molar-refractivity contribution in [3.8, 4) is 11.5 Å². The number of amides is 2. The standard InChI is InChI=1S/C21H30N2O4/c1-26-18-10-5-6-11-19(18)27-16-20(24)22-12-7-13-23(15-14-22)21(25)17-8-3-2-4-9-17/h5-6,10-11,17H,2-4,7-9,12-16H2,1H3. The van der Waals surface area contributed by atoms with Crippen molar-refractivity contribution in [2.45, 2.75) is 38.5 Å². The minimum atomic E-state index is -0.0483. The average molecular weight is 374 g/mol. The van der Waals surface area contributed by atoms with E-state index < -0.39 is 0 Å². The van der Waals surface area contributed by atoms with Gasteiger partial charge in [0.15, 0.2) is 18.1 Å².